The minimum absolute atomic E-state index is 0.256. The van der Waals surface area contributed by atoms with Gasteiger partial charge in [-0.2, -0.15) is 0 Å². The second-order valence-corrected chi connectivity index (χ2v) is 5.91. The van der Waals surface area contributed by atoms with Crippen LogP contribution in [0.15, 0.2) is 18.2 Å². The molecule has 0 bridgehead atoms. The minimum atomic E-state index is -0.256. The fraction of sp³-hybridized carbons (Fsp3) is 0.625. The fourth-order valence-corrected chi connectivity index (χ4v) is 3.20. The van der Waals surface area contributed by atoms with E-state index in [4.69, 9.17) is 4.74 Å². The minimum Gasteiger partial charge on any atom is -0.493 e. The van der Waals surface area contributed by atoms with Gasteiger partial charge in [-0.15, -0.1) is 0 Å². The van der Waals surface area contributed by atoms with Crippen molar-refractivity contribution in [1.82, 2.24) is 10.6 Å². The highest BCUT2D eigenvalue weighted by Gasteiger charge is 2.40. The van der Waals surface area contributed by atoms with Gasteiger partial charge in [-0.3, -0.25) is 0 Å². The van der Waals surface area contributed by atoms with Crippen molar-refractivity contribution >= 4 is 0 Å². The molecule has 1 aromatic carbocycles. The van der Waals surface area contributed by atoms with Crippen LogP contribution in [-0.2, 0) is 0 Å². The van der Waals surface area contributed by atoms with Crippen LogP contribution in [0.5, 0.6) is 5.75 Å². The van der Waals surface area contributed by atoms with Crippen molar-refractivity contribution in [1.29, 1.82) is 0 Å². The molecule has 0 aromatic heterocycles. The molecular weight excluding hydrogens is 255 g/mol. The maximum atomic E-state index is 13.7. The van der Waals surface area contributed by atoms with Crippen LogP contribution in [0.2, 0.25) is 0 Å². The second-order valence-electron chi connectivity index (χ2n) is 5.91. The zero-order valence-electron chi connectivity index (χ0n) is 12.0. The summed E-state index contributed by atoms with van der Waals surface area (Å²) in [7, 11) is 1.54. The fourth-order valence-electron chi connectivity index (χ4n) is 3.20. The van der Waals surface area contributed by atoms with Crippen molar-refractivity contribution in [3.63, 3.8) is 0 Å². The van der Waals surface area contributed by atoms with E-state index in [0.29, 0.717) is 17.7 Å². The SMILES string of the molecule is COc1c(F)cccc1[C@H]1C[C@@H]1NCC1CCNCC1. The average molecular weight is 278 g/mol. The Morgan fingerprint density at radius 1 is 1.35 bits per heavy atom. The number of rotatable bonds is 5. The van der Waals surface area contributed by atoms with E-state index in [0.717, 1.165) is 37.5 Å². The van der Waals surface area contributed by atoms with Crippen LogP contribution < -0.4 is 15.4 Å². The molecule has 110 valence electrons. The number of benzene rings is 1. The van der Waals surface area contributed by atoms with Crippen LogP contribution in [0.4, 0.5) is 4.39 Å². The van der Waals surface area contributed by atoms with Gasteiger partial charge in [-0.05, 0) is 50.9 Å². The van der Waals surface area contributed by atoms with Crippen molar-refractivity contribution in [3.8, 4) is 5.75 Å². The summed E-state index contributed by atoms with van der Waals surface area (Å²) in [6.07, 6.45) is 3.60. The largest absolute Gasteiger partial charge is 0.493 e. The molecule has 0 amide bonds. The summed E-state index contributed by atoms with van der Waals surface area (Å²) in [5.41, 5.74) is 1.01. The predicted molar refractivity (Wildman–Crippen MR) is 77.7 cm³/mol. The highest BCUT2D eigenvalue weighted by molar-refractivity contribution is 5.41. The first-order chi connectivity index (χ1) is 9.79. The van der Waals surface area contributed by atoms with E-state index < -0.39 is 0 Å². The van der Waals surface area contributed by atoms with E-state index >= 15 is 0 Å². The number of para-hydroxylation sites is 1. The first-order valence-corrected chi connectivity index (χ1v) is 7.56. The molecule has 0 spiro atoms. The van der Waals surface area contributed by atoms with Gasteiger partial charge in [-0.1, -0.05) is 12.1 Å². The molecule has 4 heteroatoms. The summed E-state index contributed by atoms with van der Waals surface area (Å²) in [5.74, 6) is 1.35. The molecule has 20 heavy (non-hydrogen) atoms. The Morgan fingerprint density at radius 2 is 2.15 bits per heavy atom. The van der Waals surface area contributed by atoms with Gasteiger partial charge in [0.05, 0.1) is 7.11 Å². The van der Waals surface area contributed by atoms with Crippen molar-refractivity contribution < 1.29 is 9.13 Å². The molecule has 1 aromatic rings. The van der Waals surface area contributed by atoms with Crippen LogP contribution in [0.3, 0.4) is 0 Å². The van der Waals surface area contributed by atoms with E-state index in [2.05, 4.69) is 10.6 Å². The highest BCUT2D eigenvalue weighted by atomic mass is 19.1. The number of hydrogen-bond donors (Lipinski definition) is 2. The van der Waals surface area contributed by atoms with E-state index in [-0.39, 0.29) is 5.82 Å². The van der Waals surface area contributed by atoms with Crippen LogP contribution >= 0.6 is 0 Å². The van der Waals surface area contributed by atoms with Gasteiger partial charge in [0.25, 0.3) is 0 Å². The summed E-state index contributed by atoms with van der Waals surface area (Å²) in [6, 6.07) is 5.71. The third kappa shape index (κ3) is 2.96. The molecule has 3 rings (SSSR count). The van der Waals surface area contributed by atoms with Crippen molar-refractivity contribution in [2.24, 2.45) is 5.92 Å². The maximum Gasteiger partial charge on any atom is 0.165 e. The van der Waals surface area contributed by atoms with Gasteiger partial charge < -0.3 is 15.4 Å². The first-order valence-electron chi connectivity index (χ1n) is 7.56. The predicted octanol–water partition coefficient (Wildman–Crippen LogP) is 2.28. The lowest BCUT2D eigenvalue weighted by Gasteiger charge is -2.23. The standard InChI is InChI=1S/C16H23FN2O/c1-20-16-12(3-2-4-14(16)17)13-9-15(13)19-10-11-5-7-18-8-6-11/h2-4,11,13,15,18-19H,5-10H2,1H3/t13-,15+/m1/s1. The van der Waals surface area contributed by atoms with Crippen molar-refractivity contribution in [3.05, 3.63) is 29.6 Å². The molecule has 1 heterocycles. The number of ether oxygens (including phenoxy) is 1. The molecule has 2 aliphatic rings. The summed E-state index contributed by atoms with van der Waals surface area (Å²) in [5, 5.41) is 7.03. The summed E-state index contributed by atoms with van der Waals surface area (Å²) in [4.78, 5) is 0. The molecule has 3 nitrogen and oxygen atoms in total. The third-order valence-corrected chi connectivity index (χ3v) is 4.52. The Bertz CT molecular complexity index is 460. The number of nitrogens with one attached hydrogen (secondary N) is 2. The van der Waals surface area contributed by atoms with E-state index in [1.165, 1.54) is 18.9 Å². The molecule has 0 unspecified atom stereocenters. The molecule has 2 fully saturated rings. The zero-order chi connectivity index (χ0) is 13.9. The monoisotopic (exact) mass is 278 g/mol. The van der Waals surface area contributed by atoms with Crippen LogP contribution in [0.1, 0.15) is 30.7 Å². The molecule has 1 aliphatic carbocycles. The number of methoxy groups -OCH3 is 1. The lowest BCUT2D eigenvalue weighted by atomic mass is 9.98. The lowest BCUT2D eigenvalue weighted by molar-refractivity contribution is 0.354. The number of hydrogen-bond acceptors (Lipinski definition) is 3. The van der Waals surface area contributed by atoms with Gasteiger partial charge >= 0.3 is 0 Å². The van der Waals surface area contributed by atoms with Crippen LogP contribution in [0, 0.1) is 11.7 Å². The molecule has 2 N–H and O–H groups in total. The summed E-state index contributed by atoms with van der Waals surface area (Å²) in [6.45, 7) is 3.36. The second kappa shape index (κ2) is 6.10. The molecule has 0 radical (unpaired) electrons. The zero-order valence-corrected chi connectivity index (χ0v) is 12.0. The Morgan fingerprint density at radius 3 is 2.90 bits per heavy atom. The Kier molecular flexibility index (Phi) is 4.22. The average Bonchev–Trinajstić information content (AvgIpc) is 3.25. The Balaban J connectivity index is 1.55. The third-order valence-electron chi connectivity index (χ3n) is 4.52. The quantitative estimate of drug-likeness (QED) is 0.867. The van der Waals surface area contributed by atoms with Gasteiger partial charge in [0.1, 0.15) is 0 Å². The smallest absolute Gasteiger partial charge is 0.165 e. The van der Waals surface area contributed by atoms with E-state index in [1.54, 1.807) is 13.2 Å². The van der Waals surface area contributed by atoms with Crippen LogP contribution in [0.25, 0.3) is 0 Å². The normalized spacial score (nSPS) is 26.5. The van der Waals surface area contributed by atoms with Crippen molar-refractivity contribution in [2.75, 3.05) is 26.7 Å². The highest BCUT2D eigenvalue weighted by Crippen LogP contribution is 2.45. The summed E-state index contributed by atoms with van der Waals surface area (Å²) < 4.78 is 18.9. The van der Waals surface area contributed by atoms with Gasteiger partial charge in [0, 0.05) is 17.5 Å². The maximum absolute atomic E-state index is 13.7. The molecule has 1 saturated heterocycles. The van der Waals surface area contributed by atoms with Gasteiger partial charge in [0.15, 0.2) is 11.6 Å². The van der Waals surface area contributed by atoms with E-state index in [1.807, 2.05) is 6.07 Å². The number of piperidine rings is 1. The number of halogens is 1. The first kappa shape index (κ1) is 13.8. The lowest BCUT2D eigenvalue weighted by Crippen LogP contribution is -2.34. The molecule has 2 atom stereocenters. The topological polar surface area (TPSA) is 33.3 Å². The van der Waals surface area contributed by atoms with Gasteiger partial charge in [0.2, 0.25) is 0 Å². The van der Waals surface area contributed by atoms with E-state index in [9.17, 15) is 4.39 Å². The Hall–Kier alpha value is -1.13. The molecular formula is C16H23FN2O. The summed E-state index contributed by atoms with van der Waals surface area (Å²) >= 11 is 0. The molecule has 1 aliphatic heterocycles. The molecule has 1 saturated carbocycles. The Labute approximate surface area is 119 Å². The van der Waals surface area contributed by atoms with Crippen LogP contribution in [-0.4, -0.2) is 32.8 Å². The van der Waals surface area contributed by atoms with Gasteiger partial charge in [-0.25, -0.2) is 4.39 Å². The van der Waals surface area contributed by atoms with Crippen molar-refractivity contribution in [2.45, 2.75) is 31.2 Å².